The van der Waals surface area contributed by atoms with Gasteiger partial charge in [0.1, 0.15) is 0 Å². The van der Waals surface area contributed by atoms with Crippen LogP contribution in [0.3, 0.4) is 0 Å². The summed E-state index contributed by atoms with van der Waals surface area (Å²) in [5.41, 5.74) is 3.54. The number of rotatable bonds is 3. The third-order valence-electron chi connectivity index (χ3n) is 2.46. The van der Waals surface area contributed by atoms with Crippen molar-refractivity contribution in [2.24, 2.45) is 0 Å². The first-order chi connectivity index (χ1) is 7.90. The predicted octanol–water partition coefficient (Wildman–Crippen LogP) is 3.40. The zero-order valence-electron chi connectivity index (χ0n) is 9.35. The summed E-state index contributed by atoms with van der Waals surface area (Å²) < 4.78 is 0. The van der Waals surface area contributed by atoms with Gasteiger partial charge in [-0.15, -0.1) is 0 Å². The standard InChI is InChI=1S/C15H15N/c1-16-15(14-10-6-3-7-11-14)12-13-8-4-2-5-9-13/h2-12,16H,1H3. The highest BCUT2D eigenvalue weighted by Gasteiger charge is 1.97. The molecule has 2 aromatic rings. The van der Waals surface area contributed by atoms with E-state index >= 15 is 0 Å². The first-order valence-corrected chi connectivity index (χ1v) is 5.40. The molecule has 2 aromatic carbocycles. The zero-order valence-corrected chi connectivity index (χ0v) is 9.35. The molecule has 0 unspecified atom stereocenters. The number of hydrogen-bond acceptors (Lipinski definition) is 1. The van der Waals surface area contributed by atoms with Gasteiger partial charge < -0.3 is 5.32 Å². The van der Waals surface area contributed by atoms with Crippen LogP contribution in [0.4, 0.5) is 0 Å². The number of hydrogen-bond donors (Lipinski definition) is 1. The molecule has 0 fully saturated rings. The van der Waals surface area contributed by atoms with E-state index in [0.717, 1.165) is 5.70 Å². The first kappa shape index (κ1) is 10.5. The highest BCUT2D eigenvalue weighted by molar-refractivity contribution is 5.79. The van der Waals surface area contributed by atoms with E-state index in [1.54, 1.807) is 0 Å². The fourth-order valence-electron chi connectivity index (χ4n) is 1.63. The maximum atomic E-state index is 3.23. The van der Waals surface area contributed by atoms with Gasteiger partial charge in [-0.3, -0.25) is 0 Å². The summed E-state index contributed by atoms with van der Waals surface area (Å²) >= 11 is 0. The Morgan fingerprint density at radius 3 is 2.00 bits per heavy atom. The third-order valence-corrected chi connectivity index (χ3v) is 2.46. The average molecular weight is 209 g/mol. The lowest BCUT2D eigenvalue weighted by atomic mass is 10.1. The van der Waals surface area contributed by atoms with E-state index in [-0.39, 0.29) is 0 Å². The van der Waals surface area contributed by atoms with E-state index in [9.17, 15) is 0 Å². The van der Waals surface area contributed by atoms with E-state index in [1.165, 1.54) is 11.1 Å². The Hall–Kier alpha value is -2.02. The average Bonchev–Trinajstić information content (AvgIpc) is 2.38. The third kappa shape index (κ3) is 2.51. The molecule has 0 aromatic heterocycles. The Balaban J connectivity index is 2.34. The second-order valence-electron chi connectivity index (χ2n) is 3.58. The molecule has 0 heterocycles. The van der Waals surface area contributed by atoms with Crippen molar-refractivity contribution >= 4 is 11.8 Å². The van der Waals surface area contributed by atoms with Crippen molar-refractivity contribution in [3.8, 4) is 0 Å². The van der Waals surface area contributed by atoms with Crippen LogP contribution >= 0.6 is 0 Å². The van der Waals surface area contributed by atoms with Crippen molar-refractivity contribution in [1.29, 1.82) is 0 Å². The molecule has 16 heavy (non-hydrogen) atoms. The second kappa shape index (κ2) is 5.17. The molecule has 0 atom stereocenters. The van der Waals surface area contributed by atoms with Crippen LogP contribution in [-0.2, 0) is 0 Å². The molecule has 1 N–H and O–H groups in total. The Kier molecular flexibility index (Phi) is 3.39. The zero-order chi connectivity index (χ0) is 11.2. The Morgan fingerprint density at radius 2 is 1.44 bits per heavy atom. The molecule has 0 saturated heterocycles. The molecule has 1 heteroatoms. The molecule has 0 aliphatic rings. The number of benzene rings is 2. The fourth-order valence-corrected chi connectivity index (χ4v) is 1.63. The van der Waals surface area contributed by atoms with Gasteiger partial charge in [0, 0.05) is 12.7 Å². The predicted molar refractivity (Wildman–Crippen MR) is 69.8 cm³/mol. The van der Waals surface area contributed by atoms with Gasteiger partial charge in [0.25, 0.3) is 0 Å². The molecule has 0 bridgehead atoms. The highest BCUT2D eigenvalue weighted by Crippen LogP contribution is 2.14. The second-order valence-corrected chi connectivity index (χ2v) is 3.58. The van der Waals surface area contributed by atoms with Gasteiger partial charge in [0.2, 0.25) is 0 Å². The lowest BCUT2D eigenvalue weighted by Crippen LogP contribution is -2.03. The van der Waals surface area contributed by atoms with Crippen molar-refractivity contribution in [3.63, 3.8) is 0 Å². The summed E-state index contributed by atoms with van der Waals surface area (Å²) in [4.78, 5) is 0. The minimum Gasteiger partial charge on any atom is -0.388 e. The summed E-state index contributed by atoms with van der Waals surface area (Å²) in [6.45, 7) is 0. The topological polar surface area (TPSA) is 12.0 Å². The summed E-state index contributed by atoms with van der Waals surface area (Å²) in [6, 6.07) is 20.6. The monoisotopic (exact) mass is 209 g/mol. The van der Waals surface area contributed by atoms with Crippen LogP contribution in [0.5, 0.6) is 0 Å². The Morgan fingerprint density at radius 1 is 0.875 bits per heavy atom. The van der Waals surface area contributed by atoms with Crippen LogP contribution in [0, 0.1) is 0 Å². The van der Waals surface area contributed by atoms with E-state index in [4.69, 9.17) is 0 Å². The molecule has 0 amide bonds. The lowest BCUT2D eigenvalue weighted by molar-refractivity contribution is 1.13. The molecule has 0 spiro atoms. The molecule has 2 rings (SSSR count). The smallest absolute Gasteiger partial charge is 0.0417 e. The first-order valence-electron chi connectivity index (χ1n) is 5.40. The maximum Gasteiger partial charge on any atom is 0.0417 e. The van der Waals surface area contributed by atoms with E-state index in [2.05, 4.69) is 35.7 Å². The highest BCUT2D eigenvalue weighted by atomic mass is 14.8. The van der Waals surface area contributed by atoms with Crippen molar-refractivity contribution in [2.45, 2.75) is 0 Å². The van der Waals surface area contributed by atoms with Crippen molar-refractivity contribution in [3.05, 3.63) is 71.8 Å². The Bertz CT molecular complexity index is 457. The molecule has 0 saturated carbocycles. The molecule has 1 nitrogen and oxygen atoms in total. The number of nitrogens with one attached hydrogen (secondary N) is 1. The van der Waals surface area contributed by atoms with Crippen LogP contribution in [0.2, 0.25) is 0 Å². The van der Waals surface area contributed by atoms with Gasteiger partial charge in [-0.1, -0.05) is 60.7 Å². The fraction of sp³-hybridized carbons (Fsp3) is 0.0667. The van der Waals surface area contributed by atoms with Gasteiger partial charge in [-0.25, -0.2) is 0 Å². The van der Waals surface area contributed by atoms with E-state index in [0.29, 0.717) is 0 Å². The quantitative estimate of drug-likeness (QED) is 0.764. The summed E-state index contributed by atoms with van der Waals surface area (Å²) in [5, 5.41) is 3.23. The van der Waals surface area contributed by atoms with Gasteiger partial charge in [0.05, 0.1) is 0 Å². The summed E-state index contributed by atoms with van der Waals surface area (Å²) in [7, 11) is 1.95. The van der Waals surface area contributed by atoms with Gasteiger partial charge in [-0.2, -0.15) is 0 Å². The minimum atomic E-state index is 1.13. The summed E-state index contributed by atoms with van der Waals surface area (Å²) in [5.74, 6) is 0. The van der Waals surface area contributed by atoms with Gasteiger partial charge >= 0.3 is 0 Å². The largest absolute Gasteiger partial charge is 0.388 e. The molecular formula is C15H15N. The van der Waals surface area contributed by atoms with E-state index in [1.807, 2.05) is 43.4 Å². The SMILES string of the molecule is CNC(=Cc1ccccc1)c1ccccc1. The molecular weight excluding hydrogens is 194 g/mol. The van der Waals surface area contributed by atoms with Crippen molar-refractivity contribution in [1.82, 2.24) is 5.32 Å². The molecule has 0 aliphatic carbocycles. The van der Waals surface area contributed by atoms with Crippen LogP contribution in [0.25, 0.3) is 11.8 Å². The van der Waals surface area contributed by atoms with Gasteiger partial charge in [-0.05, 0) is 17.2 Å². The van der Waals surface area contributed by atoms with Crippen molar-refractivity contribution < 1.29 is 0 Å². The maximum absolute atomic E-state index is 3.23. The van der Waals surface area contributed by atoms with Crippen LogP contribution in [0.15, 0.2) is 60.7 Å². The lowest BCUT2D eigenvalue weighted by Gasteiger charge is -2.06. The van der Waals surface area contributed by atoms with Crippen LogP contribution in [0.1, 0.15) is 11.1 Å². The minimum absolute atomic E-state index is 1.13. The van der Waals surface area contributed by atoms with E-state index < -0.39 is 0 Å². The molecule has 0 aliphatic heterocycles. The van der Waals surface area contributed by atoms with Crippen LogP contribution in [-0.4, -0.2) is 7.05 Å². The molecule has 80 valence electrons. The Labute approximate surface area is 96.4 Å². The normalized spacial score (nSPS) is 11.2. The molecule has 0 radical (unpaired) electrons. The van der Waals surface area contributed by atoms with Gasteiger partial charge in [0.15, 0.2) is 0 Å². The van der Waals surface area contributed by atoms with Crippen LogP contribution < -0.4 is 5.32 Å². The van der Waals surface area contributed by atoms with Crippen molar-refractivity contribution in [2.75, 3.05) is 7.05 Å². The summed E-state index contributed by atoms with van der Waals surface area (Å²) in [6.07, 6.45) is 2.15.